The Labute approximate surface area is 396 Å². The Morgan fingerprint density at radius 2 is 1.51 bits per heavy atom. The fourth-order valence-electron chi connectivity index (χ4n) is 7.58. The lowest BCUT2D eigenvalue weighted by Crippen LogP contribution is -2.56. The van der Waals surface area contributed by atoms with Gasteiger partial charge in [-0.2, -0.15) is 5.26 Å². The van der Waals surface area contributed by atoms with Gasteiger partial charge in [0.25, 0.3) is 5.91 Å². The summed E-state index contributed by atoms with van der Waals surface area (Å²) in [4.78, 5) is 80.6. The first-order valence-electron chi connectivity index (χ1n) is 22.2. The Kier molecular flexibility index (Phi) is 18.3. The molecule has 5 rings (SSSR count). The van der Waals surface area contributed by atoms with E-state index in [9.17, 15) is 29.2 Å². The molecule has 10 N–H and O–H groups in total. The maximum atomic E-state index is 14.7. The van der Waals surface area contributed by atoms with Crippen molar-refractivity contribution in [3.8, 4) is 40.5 Å². The Balaban J connectivity index is 1.54. The number of aryl methyl sites for hydroxylation is 2. The number of fused-ring (bicyclic) bond motifs is 5. The second-order valence-electron chi connectivity index (χ2n) is 16.4. The van der Waals surface area contributed by atoms with E-state index in [1.165, 1.54) is 24.4 Å². The summed E-state index contributed by atoms with van der Waals surface area (Å²) in [6, 6.07) is 14.7. The highest BCUT2D eigenvalue weighted by molar-refractivity contribution is 6.00. The number of carbonyl (C=O) groups is 5. The average molecular weight is 926 g/mol. The molecular weight excluding hydrogens is 867 g/mol. The van der Waals surface area contributed by atoms with Crippen molar-refractivity contribution in [1.82, 2.24) is 36.1 Å². The number of allylic oxidation sites excluding steroid dienone is 1. The average Bonchev–Trinajstić information content (AvgIpc) is 3.30. The molecule has 0 aliphatic carbocycles. The number of benzene rings is 3. The zero-order chi connectivity index (χ0) is 49.5. The SMILES string of the molecule is CC(C)=Cc1ccc(C#Cc2nc(C)c(C(=O)NC(CCN)C(=O)N(C)[C@@H]3C(=O)N[C@@H](C)C(=O)N[C@H](C(=O)NCC#N)Cc4ccc(OCCN)c(c4)-c4cc3ccc4OCCN)c(C)n2)cc1. The van der Waals surface area contributed by atoms with Crippen LogP contribution in [-0.4, -0.2) is 109 Å². The lowest BCUT2D eigenvalue weighted by Gasteiger charge is -2.32. The van der Waals surface area contributed by atoms with Crippen LogP contribution in [0, 0.1) is 37.0 Å². The molecule has 356 valence electrons. The number of carbonyl (C=O) groups excluding carboxylic acids is 5. The molecule has 0 fully saturated rings. The zero-order valence-corrected chi connectivity index (χ0v) is 39.2. The second-order valence-corrected chi connectivity index (χ2v) is 16.4. The molecule has 1 aromatic heterocycles. The van der Waals surface area contributed by atoms with Crippen molar-refractivity contribution in [2.75, 3.05) is 46.4 Å². The van der Waals surface area contributed by atoms with Gasteiger partial charge in [0, 0.05) is 43.2 Å². The predicted molar refractivity (Wildman–Crippen MR) is 257 cm³/mol. The number of amides is 5. The fourth-order valence-corrected chi connectivity index (χ4v) is 7.58. The zero-order valence-electron chi connectivity index (χ0n) is 39.2. The molecule has 1 unspecified atom stereocenters. The molecule has 4 aromatic rings. The first kappa shape index (κ1) is 51.3. The Morgan fingerprint density at radius 1 is 0.882 bits per heavy atom. The predicted octanol–water partition coefficient (Wildman–Crippen LogP) is 2.09. The molecule has 0 radical (unpaired) electrons. The topological polar surface area (TPSA) is 283 Å². The minimum absolute atomic E-state index is 0.00366. The molecule has 3 aromatic carbocycles. The van der Waals surface area contributed by atoms with Gasteiger partial charge in [-0.1, -0.05) is 41.8 Å². The lowest BCUT2D eigenvalue weighted by atomic mass is 9.93. The van der Waals surface area contributed by atoms with Crippen LogP contribution in [0.3, 0.4) is 0 Å². The minimum atomic E-state index is -1.42. The number of nitrogens with zero attached hydrogens (tertiary/aromatic N) is 4. The van der Waals surface area contributed by atoms with Gasteiger partial charge in [-0.15, -0.1) is 0 Å². The van der Waals surface area contributed by atoms with Crippen LogP contribution < -0.4 is 47.9 Å². The Bertz CT molecular complexity index is 2620. The van der Waals surface area contributed by atoms with E-state index in [2.05, 4.69) is 49.2 Å². The number of ether oxygens (including phenoxy) is 2. The normalized spacial score (nSPS) is 15.9. The monoisotopic (exact) mass is 925 g/mol. The van der Waals surface area contributed by atoms with Gasteiger partial charge >= 0.3 is 0 Å². The van der Waals surface area contributed by atoms with Gasteiger partial charge in [0.15, 0.2) is 0 Å². The number of aromatic nitrogens is 2. The van der Waals surface area contributed by atoms with Crippen molar-refractivity contribution >= 4 is 35.6 Å². The Hall–Kier alpha value is -7.64. The van der Waals surface area contributed by atoms with Crippen molar-refractivity contribution in [2.45, 2.75) is 71.6 Å². The first-order valence-corrected chi connectivity index (χ1v) is 22.2. The standard InChI is InChI=1S/C50H59N11O7/c1-29(2)25-34-9-7-33(8-10-34)12-16-43-56-30(3)44(31(4)57-43)48(64)59-39(17-18-51)50(66)61(6)45-36-13-15-42(68-24-21-54)38(28-36)37-26-35(11-14-41(37)67-23-20-53)27-40(47(63)55-22-19-52)60-46(62)32(5)58-49(45)65/h7-11,13-15,25-26,28,32,39-40,45H,17-18,20-24,27,51,53-54H2,1-6H3,(H,55,63)(H,58,65)(H,59,64)(H,60,62)/t32-,39?,40-,45-/m0/s1. The van der Waals surface area contributed by atoms with Gasteiger partial charge in [0.1, 0.15) is 55.4 Å². The van der Waals surface area contributed by atoms with Crippen LogP contribution in [0.15, 0.2) is 66.2 Å². The first-order chi connectivity index (χ1) is 32.6. The summed E-state index contributed by atoms with van der Waals surface area (Å²) in [6.45, 7) is 9.10. The summed E-state index contributed by atoms with van der Waals surface area (Å²) >= 11 is 0. The highest BCUT2D eigenvalue weighted by Gasteiger charge is 2.36. The van der Waals surface area contributed by atoms with Crippen molar-refractivity contribution < 1.29 is 33.4 Å². The highest BCUT2D eigenvalue weighted by atomic mass is 16.5. The third kappa shape index (κ3) is 13.3. The van der Waals surface area contributed by atoms with Gasteiger partial charge < -0.3 is 52.8 Å². The van der Waals surface area contributed by atoms with Crippen LogP contribution in [0.2, 0.25) is 0 Å². The molecule has 4 bridgehead atoms. The molecule has 2 heterocycles. The summed E-state index contributed by atoms with van der Waals surface area (Å²) in [5.41, 5.74) is 23.3. The van der Waals surface area contributed by atoms with Gasteiger partial charge in [0.05, 0.1) is 23.0 Å². The number of hydrogen-bond acceptors (Lipinski definition) is 13. The minimum Gasteiger partial charge on any atom is -0.492 e. The number of nitriles is 1. The van der Waals surface area contributed by atoms with Crippen molar-refractivity contribution in [2.24, 2.45) is 17.2 Å². The molecule has 0 saturated carbocycles. The van der Waals surface area contributed by atoms with Crippen molar-refractivity contribution in [3.63, 3.8) is 0 Å². The molecule has 1 aliphatic rings. The maximum Gasteiger partial charge on any atom is 0.255 e. The third-order valence-corrected chi connectivity index (χ3v) is 10.8. The molecule has 5 amide bonds. The van der Waals surface area contributed by atoms with Crippen LogP contribution in [0.5, 0.6) is 11.5 Å². The lowest BCUT2D eigenvalue weighted by molar-refractivity contribution is -0.141. The van der Waals surface area contributed by atoms with Gasteiger partial charge in [-0.3, -0.25) is 24.0 Å². The van der Waals surface area contributed by atoms with Crippen LogP contribution >= 0.6 is 0 Å². The van der Waals surface area contributed by atoms with Crippen LogP contribution in [0.4, 0.5) is 0 Å². The third-order valence-electron chi connectivity index (χ3n) is 10.8. The Morgan fingerprint density at radius 3 is 2.12 bits per heavy atom. The van der Waals surface area contributed by atoms with Crippen LogP contribution in [0.25, 0.3) is 17.2 Å². The molecule has 68 heavy (non-hydrogen) atoms. The van der Waals surface area contributed by atoms with E-state index < -0.39 is 53.7 Å². The summed E-state index contributed by atoms with van der Waals surface area (Å²) < 4.78 is 12.2. The van der Waals surface area contributed by atoms with Crippen molar-refractivity contribution in [3.05, 3.63) is 111 Å². The largest absolute Gasteiger partial charge is 0.492 e. The molecule has 4 atom stereocenters. The molecule has 18 heteroatoms. The van der Waals surface area contributed by atoms with E-state index in [0.717, 1.165) is 11.1 Å². The van der Waals surface area contributed by atoms with Gasteiger partial charge in [-0.25, -0.2) is 9.97 Å². The number of nitrogens with two attached hydrogens (primary N) is 3. The van der Waals surface area contributed by atoms with E-state index in [1.54, 1.807) is 50.2 Å². The van der Waals surface area contributed by atoms with Crippen LogP contribution in [-0.2, 0) is 25.6 Å². The van der Waals surface area contributed by atoms with Crippen molar-refractivity contribution in [1.29, 1.82) is 5.26 Å². The molecule has 0 saturated heterocycles. The maximum absolute atomic E-state index is 14.7. The number of rotatable bonds is 15. The van der Waals surface area contributed by atoms with E-state index in [0.29, 0.717) is 45.1 Å². The molecule has 0 spiro atoms. The quantitative estimate of drug-likeness (QED) is 0.0665. The highest BCUT2D eigenvalue weighted by Crippen LogP contribution is 2.40. The van der Waals surface area contributed by atoms with E-state index >= 15 is 0 Å². The van der Waals surface area contributed by atoms with E-state index in [-0.39, 0.29) is 63.6 Å². The summed E-state index contributed by atoms with van der Waals surface area (Å²) in [7, 11) is 1.41. The summed E-state index contributed by atoms with van der Waals surface area (Å²) in [5.74, 6) is 3.59. The molecule has 1 aliphatic heterocycles. The fraction of sp³-hybridized carbons (Fsp3) is 0.360. The number of likely N-dealkylation sites (N-methyl/N-ethyl adjacent to an activating group) is 1. The molecule has 18 nitrogen and oxygen atoms in total. The summed E-state index contributed by atoms with van der Waals surface area (Å²) in [6.07, 6.45) is 2.04. The summed E-state index contributed by atoms with van der Waals surface area (Å²) in [5, 5.41) is 19.9. The van der Waals surface area contributed by atoms with Crippen LogP contribution in [0.1, 0.15) is 83.1 Å². The number of hydrogen-bond donors (Lipinski definition) is 7. The smallest absolute Gasteiger partial charge is 0.255 e. The molecular formula is C50H59N11O7. The van der Waals surface area contributed by atoms with Gasteiger partial charge in [0.2, 0.25) is 29.5 Å². The number of nitrogens with one attached hydrogen (secondary N) is 4. The van der Waals surface area contributed by atoms with E-state index in [1.807, 2.05) is 44.2 Å². The van der Waals surface area contributed by atoms with E-state index in [4.69, 9.17) is 26.7 Å². The second kappa shape index (κ2) is 24.2. The van der Waals surface area contributed by atoms with Gasteiger partial charge in [-0.05, 0) is 107 Å².